The third-order valence-electron chi connectivity index (χ3n) is 3.66. The molecular formula is C14H20N2O2. The molecule has 1 aliphatic heterocycles. The Bertz CT molecular complexity index is 471. The molecule has 18 heavy (non-hydrogen) atoms. The Morgan fingerprint density at radius 1 is 1.39 bits per heavy atom. The van der Waals surface area contributed by atoms with Crippen molar-refractivity contribution in [2.45, 2.75) is 32.4 Å². The number of fused-ring (bicyclic) bond motifs is 1. The van der Waals surface area contributed by atoms with Gasteiger partial charge in [0, 0.05) is 18.8 Å². The van der Waals surface area contributed by atoms with Crippen molar-refractivity contribution >= 4 is 11.6 Å². The number of hydrogen-bond acceptors (Lipinski definition) is 3. The van der Waals surface area contributed by atoms with Crippen LogP contribution in [0, 0.1) is 5.92 Å². The molecule has 1 aromatic carbocycles. The number of carbonyl (C=O) groups excluding carboxylic acids is 1. The number of benzene rings is 1. The minimum Gasteiger partial charge on any atom is -0.387 e. The lowest BCUT2D eigenvalue weighted by molar-refractivity contribution is -0.117. The largest absolute Gasteiger partial charge is 0.387 e. The average molecular weight is 248 g/mol. The number of likely N-dealkylation sites (N-methyl/N-ethyl adjacent to an activating group) is 1. The first-order chi connectivity index (χ1) is 8.41. The van der Waals surface area contributed by atoms with Crippen LogP contribution >= 0.6 is 0 Å². The van der Waals surface area contributed by atoms with Crippen LogP contribution in [0.5, 0.6) is 0 Å². The predicted molar refractivity (Wildman–Crippen MR) is 71.3 cm³/mol. The molecule has 2 rings (SSSR count). The molecule has 0 bridgehead atoms. The molecule has 3 N–H and O–H groups in total. The molecule has 0 saturated heterocycles. The molecule has 1 amide bonds. The molecule has 98 valence electrons. The Labute approximate surface area is 107 Å². The fourth-order valence-electron chi connectivity index (χ4n) is 2.26. The quantitative estimate of drug-likeness (QED) is 0.845. The number of rotatable bonds is 3. The van der Waals surface area contributed by atoms with Crippen molar-refractivity contribution in [3.8, 4) is 0 Å². The van der Waals surface area contributed by atoms with Crippen LogP contribution in [0.2, 0.25) is 0 Å². The standard InChI is InChI=1S/C14H20N2O2/c1-8(2)13(15)14(18)9-4-5-11-10(6-9)7-12(17)16(11)3/h4-6,8,13-14,18H,7,15H2,1-3H3. The maximum Gasteiger partial charge on any atom is 0.231 e. The van der Waals surface area contributed by atoms with E-state index in [9.17, 15) is 9.90 Å². The summed E-state index contributed by atoms with van der Waals surface area (Å²) in [4.78, 5) is 13.2. The number of nitrogens with zero attached hydrogens (tertiary/aromatic N) is 1. The van der Waals surface area contributed by atoms with Crippen molar-refractivity contribution in [1.29, 1.82) is 0 Å². The van der Waals surface area contributed by atoms with E-state index in [0.717, 1.165) is 16.8 Å². The highest BCUT2D eigenvalue weighted by Gasteiger charge is 2.26. The summed E-state index contributed by atoms with van der Waals surface area (Å²) in [7, 11) is 1.77. The van der Waals surface area contributed by atoms with E-state index in [4.69, 9.17) is 5.73 Å². The van der Waals surface area contributed by atoms with Gasteiger partial charge >= 0.3 is 0 Å². The Kier molecular flexibility index (Phi) is 3.41. The lowest BCUT2D eigenvalue weighted by atomic mass is 9.93. The van der Waals surface area contributed by atoms with Crippen LogP contribution in [-0.4, -0.2) is 24.1 Å². The number of anilines is 1. The molecule has 2 unspecified atom stereocenters. The van der Waals surface area contributed by atoms with Crippen LogP contribution in [0.25, 0.3) is 0 Å². The Morgan fingerprint density at radius 2 is 2.06 bits per heavy atom. The van der Waals surface area contributed by atoms with Crippen LogP contribution in [0.1, 0.15) is 31.1 Å². The molecule has 4 nitrogen and oxygen atoms in total. The second kappa shape index (κ2) is 4.71. The van der Waals surface area contributed by atoms with Gasteiger partial charge < -0.3 is 15.7 Å². The molecule has 0 aromatic heterocycles. The number of amides is 1. The van der Waals surface area contributed by atoms with Crippen molar-refractivity contribution < 1.29 is 9.90 Å². The minimum atomic E-state index is -0.684. The minimum absolute atomic E-state index is 0.0878. The average Bonchev–Trinajstić information content (AvgIpc) is 2.62. The lowest BCUT2D eigenvalue weighted by Gasteiger charge is -2.23. The van der Waals surface area contributed by atoms with Gasteiger partial charge in [0.05, 0.1) is 12.5 Å². The van der Waals surface area contributed by atoms with Gasteiger partial charge in [0.25, 0.3) is 0 Å². The summed E-state index contributed by atoms with van der Waals surface area (Å²) in [5, 5.41) is 10.2. The van der Waals surface area contributed by atoms with Gasteiger partial charge in [-0.2, -0.15) is 0 Å². The van der Waals surface area contributed by atoms with Crippen LogP contribution in [0.3, 0.4) is 0 Å². The molecule has 1 heterocycles. The monoisotopic (exact) mass is 248 g/mol. The number of carbonyl (C=O) groups is 1. The Hall–Kier alpha value is -1.39. The van der Waals surface area contributed by atoms with Gasteiger partial charge in [-0.1, -0.05) is 26.0 Å². The van der Waals surface area contributed by atoms with Crippen LogP contribution < -0.4 is 10.6 Å². The number of hydrogen-bond donors (Lipinski definition) is 2. The molecule has 2 atom stereocenters. The predicted octanol–water partition coefficient (Wildman–Crippen LogP) is 1.22. The first kappa shape index (κ1) is 13.1. The first-order valence-corrected chi connectivity index (χ1v) is 6.25. The highest BCUT2D eigenvalue weighted by atomic mass is 16.3. The fraction of sp³-hybridized carbons (Fsp3) is 0.500. The molecular weight excluding hydrogens is 228 g/mol. The third kappa shape index (κ3) is 2.13. The van der Waals surface area contributed by atoms with Crippen molar-refractivity contribution in [1.82, 2.24) is 0 Å². The molecule has 4 heteroatoms. The van der Waals surface area contributed by atoms with Gasteiger partial charge in [-0.3, -0.25) is 4.79 Å². The van der Waals surface area contributed by atoms with Crippen molar-refractivity contribution in [3.05, 3.63) is 29.3 Å². The van der Waals surface area contributed by atoms with E-state index < -0.39 is 6.10 Å². The van der Waals surface area contributed by atoms with Gasteiger partial charge in [-0.05, 0) is 23.1 Å². The lowest BCUT2D eigenvalue weighted by Crippen LogP contribution is -2.33. The van der Waals surface area contributed by atoms with Crippen molar-refractivity contribution in [3.63, 3.8) is 0 Å². The van der Waals surface area contributed by atoms with E-state index in [1.54, 1.807) is 11.9 Å². The van der Waals surface area contributed by atoms with Gasteiger partial charge in [0.15, 0.2) is 0 Å². The van der Waals surface area contributed by atoms with E-state index >= 15 is 0 Å². The van der Waals surface area contributed by atoms with Gasteiger partial charge in [-0.15, -0.1) is 0 Å². The molecule has 1 aliphatic rings. The SMILES string of the molecule is CC(C)C(N)C(O)c1ccc2c(c1)CC(=O)N2C. The van der Waals surface area contributed by atoms with E-state index in [1.165, 1.54) is 0 Å². The van der Waals surface area contributed by atoms with Crippen LogP contribution in [0.15, 0.2) is 18.2 Å². The molecule has 0 saturated carbocycles. The summed E-state index contributed by atoms with van der Waals surface area (Å²) in [5.74, 6) is 0.294. The van der Waals surface area contributed by atoms with E-state index in [1.807, 2.05) is 32.0 Å². The Balaban J connectivity index is 2.28. The van der Waals surface area contributed by atoms with Gasteiger partial charge in [0.2, 0.25) is 5.91 Å². The fourth-order valence-corrected chi connectivity index (χ4v) is 2.26. The van der Waals surface area contributed by atoms with E-state index in [-0.39, 0.29) is 17.9 Å². The van der Waals surface area contributed by atoms with Crippen LogP contribution in [-0.2, 0) is 11.2 Å². The van der Waals surface area contributed by atoms with E-state index in [0.29, 0.717) is 6.42 Å². The Morgan fingerprint density at radius 3 is 2.67 bits per heavy atom. The third-order valence-corrected chi connectivity index (χ3v) is 3.66. The number of aliphatic hydroxyl groups excluding tert-OH is 1. The zero-order chi connectivity index (χ0) is 13.4. The molecule has 0 radical (unpaired) electrons. The summed E-state index contributed by atoms with van der Waals surface area (Å²) < 4.78 is 0. The van der Waals surface area contributed by atoms with Gasteiger partial charge in [0.1, 0.15) is 0 Å². The topological polar surface area (TPSA) is 66.6 Å². The first-order valence-electron chi connectivity index (χ1n) is 6.25. The van der Waals surface area contributed by atoms with Crippen molar-refractivity contribution in [2.75, 3.05) is 11.9 Å². The number of nitrogens with two attached hydrogens (primary N) is 1. The summed E-state index contributed by atoms with van der Waals surface area (Å²) in [6, 6.07) is 5.33. The highest BCUT2D eigenvalue weighted by molar-refractivity contribution is 6.00. The molecule has 0 fully saturated rings. The zero-order valence-corrected chi connectivity index (χ0v) is 11.1. The normalized spacial score (nSPS) is 18.1. The summed E-state index contributed by atoms with van der Waals surface area (Å²) >= 11 is 0. The number of aliphatic hydroxyl groups is 1. The van der Waals surface area contributed by atoms with Crippen LogP contribution in [0.4, 0.5) is 5.69 Å². The molecule has 1 aromatic rings. The second-order valence-electron chi connectivity index (χ2n) is 5.28. The zero-order valence-electron chi connectivity index (χ0n) is 11.1. The smallest absolute Gasteiger partial charge is 0.231 e. The second-order valence-corrected chi connectivity index (χ2v) is 5.28. The van der Waals surface area contributed by atoms with Gasteiger partial charge in [-0.25, -0.2) is 0 Å². The summed E-state index contributed by atoms with van der Waals surface area (Å²) in [5.41, 5.74) is 8.65. The summed E-state index contributed by atoms with van der Waals surface area (Å²) in [6.45, 7) is 3.97. The van der Waals surface area contributed by atoms with Crippen molar-refractivity contribution in [2.24, 2.45) is 11.7 Å². The maximum atomic E-state index is 11.6. The highest BCUT2D eigenvalue weighted by Crippen LogP contribution is 2.31. The summed E-state index contributed by atoms with van der Waals surface area (Å²) in [6.07, 6.45) is -0.278. The molecule has 0 aliphatic carbocycles. The maximum absolute atomic E-state index is 11.6. The van der Waals surface area contributed by atoms with E-state index in [2.05, 4.69) is 0 Å². The molecule has 0 spiro atoms.